The molecule has 4 aromatic carbocycles. The number of rotatable bonds is 10. The fourth-order valence-corrected chi connectivity index (χ4v) is 4.28. The van der Waals surface area contributed by atoms with Crippen LogP contribution in [0.3, 0.4) is 0 Å². The minimum Gasteiger partial charge on any atom is -0.481 e. The summed E-state index contributed by atoms with van der Waals surface area (Å²) in [5, 5.41) is 14.3. The maximum Gasteiger partial charge on any atom is 0.303 e. The maximum atomic E-state index is 13.5. The zero-order chi connectivity index (χ0) is 26.4. The van der Waals surface area contributed by atoms with Gasteiger partial charge in [0.1, 0.15) is 11.5 Å². The van der Waals surface area contributed by atoms with Gasteiger partial charge in [-0.3, -0.25) is 14.4 Å². The number of primary amides is 1. The van der Waals surface area contributed by atoms with Crippen molar-refractivity contribution in [2.45, 2.75) is 32.2 Å². The van der Waals surface area contributed by atoms with Gasteiger partial charge in [0.2, 0.25) is 5.91 Å². The Morgan fingerprint density at radius 1 is 0.919 bits per heavy atom. The topological polar surface area (TPSA) is 119 Å². The molecular weight excluding hydrogens is 468 g/mol. The lowest BCUT2D eigenvalue weighted by atomic mass is 9.98. The number of aryl methyl sites for hydroxylation is 1. The molecule has 0 spiro atoms. The minimum absolute atomic E-state index is 0.0118. The number of ether oxygens (including phenoxy) is 1. The predicted octanol–water partition coefficient (Wildman–Crippen LogP) is 5.63. The molecule has 4 N–H and O–H groups in total. The van der Waals surface area contributed by atoms with E-state index in [1.807, 2.05) is 49.4 Å². The molecule has 1 atom stereocenters. The summed E-state index contributed by atoms with van der Waals surface area (Å²) in [6, 6.07) is 25.3. The molecule has 0 bridgehead atoms. The first kappa shape index (κ1) is 25.4. The van der Waals surface area contributed by atoms with Crippen LogP contribution in [0.2, 0.25) is 0 Å². The van der Waals surface area contributed by atoms with Crippen molar-refractivity contribution in [2.75, 3.05) is 0 Å². The van der Waals surface area contributed by atoms with E-state index in [4.69, 9.17) is 15.6 Å². The second-order valence-corrected chi connectivity index (χ2v) is 8.82. The molecule has 7 heteroatoms. The van der Waals surface area contributed by atoms with E-state index in [0.717, 1.165) is 21.9 Å². The molecule has 0 heterocycles. The summed E-state index contributed by atoms with van der Waals surface area (Å²) in [6.45, 7) is 1.93. The highest BCUT2D eigenvalue weighted by molar-refractivity contribution is 5.97. The molecule has 0 saturated heterocycles. The van der Waals surface area contributed by atoms with Gasteiger partial charge in [-0.05, 0) is 78.1 Å². The van der Waals surface area contributed by atoms with E-state index in [1.54, 1.807) is 42.5 Å². The van der Waals surface area contributed by atoms with E-state index >= 15 is 0 Å². The van der Waals surface area contributed by atoms with Crippen molar-refractivity contribution in [1.82, 2.24) is 5.32 Å². The molecule has 7 nitrogen and oxygen atoms in total. The number of carboxylic acid groups (broad SMARTS) is 1. The highest BCUT2D eigenvalue weighted by Crippen LogP contribution is 2.28. The summed E-state index contributed by atoms with van der Waals surface area (Å²) in [5.74, 6) is -0.761. The predicted molar refractivity (Wildman–Crippen MR) is 142 cm³/mol. The molecule has 0 saturated carbocycles. The standard InChI is InChI=1S/C30H28N2O5/c1-19(25-10-4-7-20-6-2-3-9-26(20)25)32-30(36)27-18-24(17-12-21(27)8-5-11-28(33)34)37-23-15-13-22(14-16-23)29(31)35/h2-4,6-7,9-10,12-19H,5,8,11H2,1H3,(H2,31,35)(H,32,36)(H,33,34)/t19-/m1/s1. The van der Waals surface area contributed by atoms with Gasteiger partial charge in [0.25, 0.3) is 5.91 Å². The fourth-order valence-electron chi connectivity index (χ4n) is 4.28. The number of nitrogens with one attached hydrogen (secondary N) is 1. The molecular formula is C30H28N2O5. The number of benzene rings is 4. The van der Waals surface area contributed by atoms with Crippen LogP contribution in [-0.2, 0) is 11.2 Å². The van der Waals surface area contributed by atoms with E-state index < -0.39 is 11.9 Å². The number of hydrogen-bond acceptors (Lipinski definition) is 4. The number of hydrogen-bond donors (Lipinski definition) is 3. The van der Waals surface area contributed by atoms with Crippen molar-refractivity contribution >= 4 is 28.6 Å². The van der Waals surface area contributed by atoms with Crippen LogP contribution in [0.1, 0.15) is 57.7 Å². The molecule has 0 aliphatic rings. The third-order valence-electron chi connectivity index (χ3n) is 6.17. The largest absolute Gasteiger partial charge is 0.481 e. The van der Waals surface area contributed by atoms with Crippen molar-refractivity contribution in [1.29, 1.82) is 0 Å². The van der Waals surface area contributed by atoms with Crippen molar-refractivity contribution in [3.05, 3.63) is 107 Å². The van der Waals surface area contributed by atoms with Gasteiger partial charge in [-0.1, -0.05) is 48.5 Å². The molecule has 0 radical (unpaired) electrons. The Morgan fingerprint density at radius 3 is 2.35 bits per heavy atom. The Bertz CT molecular complexity index is 1440. The lowest BCUT2D eigenvalue weighted by molar-refractivity contribution is -0.137. The average molecular weight is 497 g/mol. The third-order valence-corrected chi connectivity index (χ3v) is 6.17. The van der Waals surface area contributed by atoms with Crippen molar-refractivity contribution in [2.24, 2.45) is 5.73 Å². The van der Waals surface area contributed by atoms with Crippen LogP contribution >= 0.6 is 0 Å². The van der Waals surface area contributed by atoms with Crippen LogP contribution in [0.25, 0.3) is 10.8 Å². The molecule has 2 amide bonds. The first-order valence-electron chi connectivity index (χ1n) is 12.0. The van der Waals surface area contributed by atoms with Crippen molar-refractivity contribution in [3.63, 3.8) is 0 Å². The first-order chi connectivity index (χ1) is 17.8. The van der Waals surface area contributed by atoms with E-state index in [2.05, 4.69) is 5.32 Å². The summed E-state index contributed by atoms with van der Waals surface area (Å²) >= 11 is 0. The molecule has 37 heavy (non-hydrogen) atoms. The summed E-state index contributed by atoms with van der Waals surface area (Å²) in [6.07, 6.45) is 0.854. The number of fused-ring (bicyclic) bond motifs is 1. The van der Waals surface area contributed by atoms with E-state index in [0.29, 0.717) is 35.5 Å². The van der Waals surface area contributed by atoms with Gasteiger partial charge in [-0.25, -0.2) is 0 Å². The van der Waals surface area contributed by atoms with Gasteiger partial charge in [0, 0.05) is 17.5 Å². The van der Waals surface area contributed by atoms with Gasteiger partial charge in [0.15, 0.2) is 0 Å². The molecule has 4 aromatic rings. The van der Waals surface area contributed by atoms with Gasteiger partial charge in [0.05, 0.1) is 6.04 Å². The van der Waals surface area contributed by atoms with E-state index in [9.17, 15) is 14.4 Å². The lowest BCUT2D eigenvalue weighted by Crippen LogP contribution is -2.27. The van der Waals surface area contributed by atoms with Crippen LogP contribution in [0, 0.1) is 0 Å². The Kier molecular flexibility index (Phi) is 7.83. The number of carbonyl (C=O) groups excluding carboxylic acids is 2. The molecule has 0 aromatic heterocycles. The number of nitrogens with two attached hydrogens (primary N) is 1. The molecule has 0 aliphatic heterocycles. The SMILES string of the molecule is C[C@@H](NC(=O)c1cc(Oc2ccc(C(N)=O)cc2)ccc1CCCC(=O)O)c1cccc2ccccc12. The Labute approximate surface area is 214 Å². The van der Waals surface area contributed by atoms with Gasteiger partial charge in [-0.15, -0.1) is 0 Å². The smallest absolute Gasteiger partial charge is 0.303 e. The van der Waals surface area contributed by atoms with E-state index in [-0.39, 0.29) is 18.4 Å². The average Bonchev–Trinajstić information content (AvgIpc) is 2.89. The van der Waals surface area contributed by atoms with Crippen molar-refractivity contribution in [3.8, 4) is 11.5 Å². The Balaban J connectivity index is 1.59. The molecule has 0 aliphatic carbocycles. The van der Waals surface area contributed by atoms with Crippen molar-refractivity contribution < 1.29 is 24.2 Å². The zero-order valence-corrected chi connectivity index (χ0v) is 20.4. The summed E-state index contributed by atoms with van der Waals surface area (Å²) in [4.78, 5) is 35.8. The first-order valence-corrected chi connectivity index (χ1v) is 12.0. The van der Waals surface area contributed by atoms with Gasteiger partial charge >= 0.3 is 5.97 Å². The number of carboxylic acids is 1. The van der Waals surface area contributed by atoms with Crippen LogP contribution in [0.5, 0.6) is 11.5 Å². The summed E-state index contributed by atoms with van der Waals surface area (Å²) in [7, 11) is 0. The second-order valence-electron chi connectivity index (χ2n) is 8.82. The Hall–Kier alpha value is -4.65. The van der Waals surface area contributed by atoms with Crippen LogP contribution in [0.15, 0.2) is 84.9 Å². The highest BCUT2D eigenvalue weighted by atomic mass is 16.5. The monoisotopic (exact) mass is 496 g/mol. The molecule has 0 fully saturated rings. The third kappa shape index (κ3) is 6.32. The van der Waals surface area contributed by atoms with Crippen LogP contribution < -0.4 is 15.8 Å². The maximum absolute atomic E-state index is 13.5. The summed E-state index contributed by atoms with van der Waals surface area (Å²) < 4.78 is 5.92. The number of aliphatic carboxylic acids is 1. The normalized spacial score (nSPS) is 11.6. The summed E-state index contributed by atoms with van der Waals surface area (Å²) in [5.41, 5.74) is 7.82. The van der Waals surface area contributed by atoms with Gasteiger partial charge < -0.3 is 20.9 Å². The van der Waals surface area contributed by atoms with Crippen LogP contribution in [-0.4, -0.2) is 22.9 Å². The quantitative estimate of drug-likeness (QED) is 0.263. The fraction of sp³-hybridized carbons (Fsp3) is 0.167. The number of carbonyl (C=O) groups is 3. The Morgan fingerprint density at radius 2 is 1.62 bits per heavy atom. The van der Waals surface area contributed by atoms with E-state index in [1.165, 1.54) is 0 Å². The number of amides is 2. The molecule has 188 valence electrons. The highest BCUT2D eigenvalue weighted by Gasteiger charge is 2.18. The molecule has 0 unspecified atom stereocenters. The zero-order valence-electron chi connectivity index (χ0n) is 20.4. The lowest BCUT2D eigenvalue weighted by Gasteiger charge is -2.19. The second kappa shape index (κ2) is 11.4. The molecule has 4 rings (SSSR count). The van der Waals surface area contributed by atoms with Gasteiger partial charge in [-0.2, -0.15) is 0 Å². The van der Waals surface area contributed by atoms with Crippen LogP contribution in [0.4, 0.5) is 0 Å². The minimum atomic E-state index is -0.880.